The van der Waals surface area contributed by atoms with Crippen molar-refractivity contribution in [1.82, 2.24) is 20.1 Å². The van der Waals surface area contributed by atoms with Gasteiger partial charge < -0.3 is 30.3 Å². The minimum atomic E-state index is -0.506. The van der Waals surface area contributed by atoms with Crippen LogP contribution in [-0.2, 0) is 0 Å². The van der Waals surface area contributed by atoms with E-state index in [1.165, 1.54) is 11.3 Å². The van der Waals surface area contributed by atoms with Crippen LogP contribution in [0.25, 0.3) is 10.6 Å². The second-order valence-corrected chi connectivity index (χ2v) is 11.6. The summed E-state index contributed by atoms with van der Waals surface area (Å²) in [6.45, 7) is 7.87. The van der Waals surface area contributed by atoms with Crippen molar-refractivity contribution in [2.75, 3.05) is 32.1 Å². The maximum absolute atomic E-state index is 13.7. The Morgan fingerprint density at radius 2 is 1.93 bits per heavy atom. The zero-order valence-corrected chi connectivity index (χ0v) is 24.8. The lowest BCUT2D eigenvalue weighted by atomic mass is 9.99. The molecule has 0 radical (unpaired) electrons. The second kappa shape index (κ2) is 13.1. The highest BCUT2D eigenvalue weighted by molar-refractivity contribution is 7.13. The number of ether oxygens (including phenoxy) is 1. The van der Waals surface area contributed by atoms with Crippen molar-refractivity contribution < 1.29 is 24.2 Å². The number of aromatic nitrogens is 1. The minimum Gasteiger partial charge on any atom is -0.485 e. The largest absolute Gasteiger partial charge is 0.485 e. The van der Waals surface area contributed by atoms with Crippen molar-refractivity contribution in [3.63, 3.8) is 0 Å². The van der Waals surface area contributed by atoms with Crippen LogP contribution in [0.5, 0.6) is 5.75 Å². The quantitative estimate of drug-likeness (QED) is 0.365. The average molecular weight is 580 g/mol. The van der Waals surface area contributed by atoms with Gasteiger partial charge in [-0.1, -0.05) is 25.1 Å². The fourth-order valence-corrected chi connectivity index (χ4v) is 5.24. The number of rotatable bonds is 8. The maximum Gasteiger partial charge on any atom is 0.317 e. The van der Waals surface area contributed by atoms with Crippen molar-refractivity contribution >= 4 is 34.9 Å². The van der Waals surface area contributed by atoms with E-state index in [-0.39, 0.29) is 54.3 Å². The highest BCUT2D eigenvalue weighted by Gasteiger charge is 2.35. The molecule has 0 unspecified atom stereocenters. The topological polar surface area (TPSA) is 124 Å². The number of fused-ring (bicyclic) bond motifs is 1. The molecule has 0 spiro atoms. The summed E-state index contributed by atoms with van der Waals surface area (Å²) < 4.78 is 6.49. The highest BCUT2D eigenvalue weighted by atomic mass is 32.1. The molecule has 3 N–H and O–H groups in total. The Morgan fingerprint density at radius 1 is 1.20 bits per heavy atom. The number of carbonyl (C=O) groups is 3. The van der Waals surface area contributed by atoms with Gasteiger partial charge in [-0.15, -0.1) is 11.3 Å². The molecule has 4 amide bonds. The summed E-state index contributed by atoms with van der Waals surface area (Å²) in [6.07, 6.45) is 1.23. The van der Waals surface area contributed by atoms with E-state index >= 15 is 0 Å². The van der Waals surface area contributed by atoms with Gasteiger partial charge in [0.25, 0.3) is 11.8 Å². The first-order chi connectivity index (χ1) is 19.6. The van der Waals surface area contributed by atoms with Crippen LogP contribution in [0.4, 0.5) is 10.5 Å². The number of anilines is 1. The smallest absolute Gasteiger partial charge is 0.317 e. The number of amides is 4. The Labute approximate surface area is 244 Å². The molecule has 10 nitrogen and oxygen atoms in total. The van der Waals surface area contributed by atoms with Gasteiger partial charge in [-0.2, -0.15) is 0 Å². The van der Waals surface area contributed by atoms with E-state index in [9.17, 15) is 19.5 Å². The third-order valence-electron chi connectivity index (χ3n) is 6.98. The van der Waals surface area contributed by atoms with Crippen LogP contribution < -0.4 is 15.4 Å². The van der Waals surface area contributed by atoms with E-state index in [4.69, 9.17) is 4.74 Å². The first-order valence-corrected chi connectivity index (χ1v) is 14.5. The lowest BCUT2D eigenvalue weighted by molar-refractivity contribution is 0.0368. The fourth-order valence-electron chi connectivity index (χ4n) is 4.59. The molecule has 2 heterocycles. The van der Waals surface area contributed by atoms with E-state index in [1.54, 1.807) is 60.3 Å². The van der Waals surface area contributed by atoms with Crippen molar-refractivity contribution in [1.29, 1.82) is 0 Å². The average Bonchev–Trinajstić information content (AvgIpc) is 3.49. The molecular formula is C30H37N5O5S. The van der Waals surface area contributed by atoms with Crippen molar-refractivity contribution in [3.8, 4) is 16.3 Å². The number of hydrogen-bond acceptors (Lipinski definition) is 7. The van der Waals surface area contributed by atoms with Crippen LogP contribution in [0.3, 0.4) is 0 Å². The van der Waals surface area contributed by atoms with Gasteiger partial charge >= 0.3 is 6.03 Å². The first-order valence-electron chi connectivity index (χ1n) is 13.6. The normalized spacial score (nSPS) is 17.6. The number of benzene rings is 2. The van der Waals surface area contributed by atoms with E-state index < -0.39 is 12.1 Å². The molecule has 11 heteroatoms. The zero-order valence-electron chi connectivity index (χ0n) is 24.0. The van der Waals surface area contributed by atoms with Crippen molar-refractivity contribution in [2.45, 2.75) is 45.9 Å². The van der Waals surface area contributed by atoms with Gasteiger partial charge in [-0.25, -0.2) is 9.78 Å². The van der Waals surface area contributed by atoms with Crippen LogP contribution in [0.1, 0.15) is 48.4 Å². The Balaban J connectivity index is 1.66. The van der Waals surface area contributed by atoms with Gasteiger partial charge in [0.2, 0.25) is 0 Å². The Bertz CT molecular complexity index is 1360. The van der Waals surface area contributed by atoms with Crippen LogP contribution in [-0.4, -0.2) is 82.7 Å². The molecule has 2 aromatic carbocycles. The number of likely N-dealkylation sites (N-methyl/N-ethyl adjacent to an activating group) is 1. The number of thiazole rings is 1. The monoisotopic (exact) mass is 579 g/mol. The van der Waals surface area contributed by atoms with Gasteiger partial charge in [-0.05, 0) is 45.0 Å². The standard InChI is InChI=1S/C30H37N5O5S/c1-18(2)32-30(39)34(5)16-25-19(3)15-35(20(4)17-36)29(38)23-7-6-8-24(26(23)40-25)33-27(37)21-9-11-22(12-10-21)28-31-13-14-41-28/h6-14,18-20,25,36H,15-17H2,1-5H3,(H,32,39)(H,33,37)/t19-,20+,25+/m1/s1. The molecule has 1 aliphatic heterocycles. The summed E-state index contributed by atoms with van der Waals surface area (Å²) in [5.74, 6) is -0.630. The molecule has 0 fully saturated rings. The first kappa shape index (κ1) is 30.0. The van der Waals surface area contributed by atoms with Gasteiger partial charge in [0.1, 0.15) is 11.1 Å². The molecule has 218 valence electrons. The number of nitrogens with zero attached hydrogens (tertiary/aromatic N) is 3. The van der Waals surface area contributed by atoms with E-state index in [0.717, 1.165) is 10.6 Å². The third kappa shape index (κ3) is 7.04. The number of nitrogens with one attached hydrogen (secondary N) is 2. The van der Waals surface area contributed by atoms with E-state index in [0.29, 0.717) is 17.8 Å². The van der Waals surface area contributed by atoms with E-state index in [1.807, 2.05) is 38.3 Å². The zero-order chi connectivity index (χ0) is 29.7. The van der Waals surface area contributed by atoms with Crippen LogP contribution in [0.2, 0.25) is 0 Å². The molecule has 1 aromatic heterocycles. The summed E-state index contributed by atoms with van der Waals surface area (Å²) in [6, 6.07) is 11.4. The molecule has 3 aromatic rings. The molecule has 41 heavy (non-hydrogen) atoms. The van der Waals surface area contributed by atoms with Crippen LogP contribution in [0, 0.1) is 5.92 Å². The predicted octanol–water partition coefficient (Wildman–Crippen LogP) is 4.33. The molecule has 0 saturated carbocycles. The Morgan fingerprint density at radius 3 is 2.56 bits per heavy atom. The number of urea groups is 1. The fraction of sp³-hybridized carbons (Fsp3) is 0.400. The molecular weight excluding hydrogens is 542 g/mol. The van der Waals surface area contributed by atoms with Gasteiger partial charge in [0.15, 0.2) is 5.75 Å². The van der Waals surface area contributed by atoms with Crippen molar-refractivity contribution in [2.24, 2.45) is 5.92 Å². The molecule has 1 aliphatic rings. The number of aliphatic hydroxyl groups excluding tert-OH is 1. The minimum absolute atomic E-state index is 0.0303. The Hall–Kier alpha value is -3.96. The summed E-state index contributed by atoms with van der Waals surface area (Å²) in [7, 11) is 1.69. The predicted molar refractivity (Wildman–Crippen MR) is 159 cm³/mol. The van der Waals surface area contributed by atoms with Crippen molar-refractivity contribution in [3.05, 3.63) is 65.2 Å². The van der Waals surface area contributed by atoms with Crippen LogP contribution in [0.15, 0.2) is 54.0 Å². The lowest BCUT2D eigenvalue weighted by Crippen LogP contribution is -2.51. The van der Waals surface area contributed by atoms with Gasteiger partial charge in [0, 0.05) is 48.3 Å². The summed E-state index contributed by atoms with van der Waals surface area (Å²) in [4.78, 5) is 47.1. The molecule has 0 aliphatic carbocycles. The summed E-state index contributed by atoms with van der Waals surface area (Å²) in [5, 5.41) is 18.5. The Kier molecular flexibility index (Phi) is 9.61. The number of hydrogen-bond donors (Lipinski definition) is 3. The second-order valence-electron chi connectivity index (χ2n) is 10.7. The number of para-hydroxylation sites is 1. The molecule has 4 rings (SSSR count). The third-order valence-corrected chi connectivity index (χ3v) is 7.80. The number of aliphatic hydroxyl groups is 1. The van der Waals surface area contributed by atoms with Gasteiger partial charge in [0.05, 0.1) is 30.4 Å². The van der Waals surface area contributed by atoms with Crippen LogP contribution >= 0.6 is 11.3 Å². The number of carbonyl (C=O) groups excluding carboxylic acids is 3. The van der Waals surface area contributed by atoms with E-state index in [2.05, 4.69) is 15.6 Å². The molecule has 3 atom stereocenters. The highest BCUT2D eigenvalue weighted by Crippen LogP contribution is 2.35. The molecule has 0 saturated heterocycles. The maximum atomic E-state index is 13.7. The molecule has 0 bridgehead atoms. The summed E-state index contributed by atoms with van der Waals surface area (Å²) >= 11 is 1.52. The SMILES string of the molecule is CC(C)NC(=O)N(C)C[C@@H]1Oc2c(NC(=O)c3ccc(-c4nccs4)cc3)cccc2C(=O)N([C@@H](C)CO)C[C@H]1C. The van der Waals surface area contributed by atoms with Gasteiger partial charge in [-0.3, -0.25) is 9.59 Å². The summed E-state index contributed by atoms with van der Waals surface area (Å²) in [5.41, 5.74) is 1.96. The lowest BCUT2D eigenvalue weighted by Gasteiger charge is -2.38.